The zero-order valence-corrected chi connectivity index (χ0v) is 22.0. The fourth-order valence-corrected chi connectivity index (χ4v) is 4.16. The summed E-state index contributed by atoms with van der Waals surface area (Å²) in [6.45, 7) is 6.70. The van der Waals surface area contributed by atoms with E-state index in [1.54, 1.807) is 0 Å². The molecule has 0 saturated heterocycles. The van der Waals surface area contributed by atoms with Gasteiger partial charge in [-0.15, -0.1) is 0 Å². The Morgan fingerprint density at radius 3 is 2.14 bits per heavy atom. The van der Waals surface area contributed by atoms with Crippen LogP contribution in [0, 0.1) is 0 Å². The number of ether oxygens (including phenoxy) is 1. The molecule has 0 aliphatic carbocycles. The van der Waals surface area contributed by atoms with Crippen molar-refractivity contribution in [1.29, 1.82) is 0 Å². The van der Waals surface area contributed by atoms with E-state index < -0.39 is 12.2 Å². The van der Waals surface area contributed by atoms with Crippen LogP contribution < -0.4 is 0 Å². The Hall–Kier alpha value is -2.40. The second kappa shape index (κ2) is 17.1. The van der Waals surface area contributed by atoms with E-state index in [2.05, 4.69) is 29.7 Å². The van der Waals surface area contributed by atoms with Gasteiger partial charge in [0.05, 0.1) is 12.7 Å². The number of hydrogen-bond donors (Lipinski definition) is 2. The molecule has 6 heteroatoms. The first-order chi connectivity index (χ1) is 17.1. The minimum atomic E-state index is -0.736. The second-order valence-electron chi connectivity index (χ2n) is 9.11. The monoisotopic (exact) mass is 483 g/mol. The van der Waals surface area contributed by atoms with Crippen molar-refractivity contribution in [3.05, 3.63) is 53.8 Å². The molecule has 2 aromatic rings. The maximum Gasteiger partial charge on any atom is 0.263 e. The maximum absolute atomic E-state index is 11.1. The Kier molecular flexibility index (Phi) is 14.1. The third-order valence-corrected chi connectivity index (χ3v) is 6.17. The minimum absolute atomic E-state index is 0.342. The summed E-state index contributed by atoms with van der Waals surface area (Å²) in [5.74, 6) is 0.784. The number of rotatable bonds is 18. The van der Waals surface area contributed by atoms with Crippen molar-refractivity contribution in [1.82, 2.24) is 14.8 Å². The number of hydrogen-bond acceptors (Lipinski definition) is 5. The molecule has 0 radical (unpaired) electrons. The van der Waals surface area contributed by atoms with E-state index in [0.29, 0.717) is 36.7 Å². The van der Waals surface area contributed by atoms with Crippen molar-refractivity contribution >= 4 is 11.5 Å². The van der Waals surface area contributed by atoms with Crippen LogP contribution in [0.4, 0.5) is 0 Å². The summed E-state index contributed by atoms with van der Waals surface area (Å²) >= 11 is 0. The zero-order valence-electron chi connectivity index (χ0n) is 22.0. The molecule has 0 fully saturated rings. The third-order valence-electron chi connectivity index (χ3n) is 6.17. The molecule has 0 amide bonds. The van der Waals surface area contributed by atoms with E-state index in [-0.39, 0.29) is 0 Å². The molecule has 2 rings (SSSR count). The molecule has 2 N–H and O–H groups in total. The van der Waals surface area contributed by atoms with Crippen LogP contribution in [0.2, 0.25) is 0 Å². The molecule has 0 spiro atoms. The van der Waals surface area contributed by atoms with Crippen LogP contribution in [0.1, 0.15) is 115 Å². The summed E-state index contributed by atoms with van der Waals surface area (Å²) < 4.78 is 7.44. The fourth-order valence-electron chi connectivity index (χ4n) is 4.16. The Morgan fingerprint density at radius 1 is 0.886 bits per heavy atom. The van der Waals surface area contributed by atoms with Gasteiger partial charge in [0.15, 0.2) is 5.82 Å². The smallest absolute Gasteiger partial charge is 0.263 e. The molecule has 2 atom stereocenters. The lowest BCUT2D eigenvalue weighted by Crippen LogP contribution is -2.13. The van der Waals surface area contributed by atoms with Crippen molar-refractivity contribution in [2.45, 2.75) is 110 Å². The van der Waals surface area contributed by atoms with E-state index in [1.165, 1.54) is 49.5 Å². The van der Waals surface area contributed by atoms with E-state index >= 15 is 0 Å². The van der Waals surface area contributed by atoms with Crippen LogP contribution in [-0.4, -0.2) is 37.7 Å². The predicted molar refractivity (Wildman–Crippen MR) is 142 cm³/mol. The molecule has 194 valence electrons. The molecular weight excluding hydrogens is 438 g/mol. The van der Waals surface area contributed by atoms with Gasteiger partial charge in [0.1, 0.15) is 12.4 Å². The second-order valence-corrected chi connectivity index (χ2v) is 9.11. The highest BCUT2D eigenvalue weighted by Gasteiger charge is 2.20. The Labute approximate surface area is 211 Å². The van der Waals surface area contributed by atoms with Crippen LogP contribution in [0.5, 0.6) is 0 Å². The number of nitrogens with zero attached hydrogens (tertiary/aromatic N) is 3. The molecule has 0 aliphatic heterocycles. The molecule has 1 aromatic heterocycles. The summed E-state index contributed by atoms with van der Waals surface area (Å²) in [6.07, 6.45) is 12.6. The average molecular weight is 484 g/mol. The molecule has 35 heavy (non-hydrogen) atoms. The first-order valence-electron chi connectivity index (χ1n) is 13.6. The topological polar surface area (TPSA) is 80.4 Å². The molecule has 0 aliphatic rings. The first kappa shape index (κ1) is 28.8. The largest absolute Gasteiger partial charge is 0.472 e. The molecule has 0 bridgehead atoms. The van der Waals surface area contributed by atoms with Crippen LogP contribution in [-0.2, 0) is 4.74 Å². The lowest BCUT2D eigenvalue weighted by Gasteiger charge is -2.16. The van der Waals surface area contributed by atoms with Crippen molar-refractivity contribution in [3.8, 4) is 0 Å². The van der Waals surface area contributed by atoms with Crippen LogP contribution >= 0.6 is 0 Å². The normalized spacial score (nSPS) is 12.7. The summed E-state index contributed by atoms with van der Waals surface area (Å²) in [5.41, 5.74) is 4.87. The number of aromatic nitrogens is 3. The summed E-state index contributed by atoms with van der Waals surface area (Å²) in [6, 6.07) is 9.81. The van der Waals surface area contributed by atoms with Gasteiger partial charge in [-0.3, -0.25) is 0 Å². The molecular formula is C29H45N3O3. The number of unbranched alkanes of at least 4 members (excludes halogenated alkanes) is 8. The van der Waals surface area contributed by atoms with Gasteiger partial charge in [-0.2, -0.15) is 9.78 Å². The van der Waals surface area contributed by atoms with E-state index in [0.717, 1.165) is 31.2 Å². The summed E-state index contributed by atoms with van der Waals surface area (Å²) in [4.78, 5) is 4.33. The van der Waals surface area contributed by atoms with Gasteiger partial charge in [0.25, 0.3) is 5.88 Å². The average Bonchev–Trinajstić information content (AvgIpc) is 3.36. The van der Waals surface area contributed by atoms with Crippen LogP contribution in [0.25, 0.3) is 11.5 Å². The third kappa shape index (κ3) is 10.0. The van der Waals surface area contributed by atoms with Crippen molar-refractivity contribution in [2.24, 2.45) is 0 Å². The predicted octanol–water partition coefficient (Wildman–Crippen LogP) is 6.91. The molecule has 0 saturated carbocycles. The Morgan fingerprint density at radius 2 is 1.51 bits per heavy atom. The number of benzene rings is 1. The van der Waals surface area contributed by atoms with Gasteiger partial charge in [0, 0.05) is 5.57 Å². The minimum Gasteiger partial charge on any atom is -0.472 e. The highest BCUT2D eigenvalue weighted by Crippen LogP contribution is 2.25. The molecule has 1 heterocycles. The van der Waals surface area contributed by atoms with Gasteiger partial charge in [-0.1, -0.05) is 108 Å². The van der Waals surface area contributed by atoms with Gasteiger partial charge in [-0.25, -0.2) is 4.98 Å². The Bertz CT molecular complexity index is 888. The number of aliphatic hydroxyl groups excluding tert-OH is 2. The van der Waals surface area contributed by atoms with E-state index in [4.69, 9.17) is 4.74 Å². The first-order valence-corrected chi connectivity index (χ1v) is 13.6. The summed E-state index contributed by atoms with van der Waals surface area (Å²) in [7, 11) is 0. The molecule has 6 nitrogen and oxygen atoms in total. The van der Waals surface area contributed by atoms with Gasteiger partial charge >= 0.3 is 0 Å². The standard InChI is InChI=1S/C29H45N3O3/c1-4-7-9-11-16-20-26(33)25(24-18-14-13-15-19-24)22-28(35-6-3)32-29(30-23-31-32)27(34)21-17-12-10-8-5-2/h13-15,18-19,23,26-27,33-34H,4-12,16-17,20-21H2,1-3H3. The zero-order chi connectivity index (χ0) is 25.3. The quantitative estimate of drug-likeness (QED) is 0.137. The van der Waals surface area contributed by atoms with E-state index in [9.17, 15) is 10.2 Å². The molecule has 1 aromatic carbocycles. The van der Waals surface area contributed by atoms with Crippen molar-refractivity contribution in [3.63, 3.8) is 0 Å². The highest BCUT2D eigenvalue weighted by molar-refractivity contribution is 5.71. The SMILES string of the molecule is CCCCCCCC(O)C(=C=C(OCC)n1ncnc1C(O)CCCCCCC)c1ccccc1. The van der Waals surface area contributed by atoms with Crippen molar-refractivity contribution < 1.29 is 14.9 Å². The number of aliphatic hydroxyl groups is 2. The fraction of sp³-hybridized carbons (Fsp3) is 0.621. The van der Waals surface area contributed by atoms with Gasteiger partial charge in [-0.05, 0) is 31.1 Å². The van der Waals surface area contributed by atoms with Gasteiger partial charge < -0.3 is 14.9 Å². The molecule has 2 unspecified atom stereocenters. The van der Waals surface area contributed by atoms with Crippen LogP contribution in [0.15, 0.2) is 42.4 Å². The van der Waals surface area contributed by atoms with E-state index in [1.807, 2.05) is 37.3 Å². The summed E-state index contributed by atoms with van der Waals surface area (Å²) in [5, 5.41) is 26.3. The van der Waals surface area contributed by atoms with Gasteiger partial charge in [0.2, 0.25) is 0 Å². The van der Waals surface area contributed by atoms with Crippen molar-refractivity contribution in [2.75, 3.05) is 6.61 Å². The highest BCUT2D eigenvalue weighted by atomic mass is 16.5. The lowest BCUT2D eigenvalue weighted by molar-refractivity contribution is 0.147. The maximum atomic E-state index is 11.1. The Balaban J connectivity index is 2.33. The van der Waals surface area contributed by atoms with Crippen LogP contribution in [0.3, 0.4) is 0 Å². The lowest BCUT2D eigenvalue weighted by atomic mass is 9.97.